The van der Waals surface area contributed by atoms with Crippen molar-refractivity contribution < 1.29 is 9.90 Å². The van der Waals surface area contributed by atoms with Gasteiger partial charge >= 0.3 is 6.09 Å². The van der Waals surface area contributed by atoms with Crippen LogP contribution in [0.1, 0.15) is 110 Å². The lowest BCUT2D eigenvalue weighted by Crippen LogP contribution is -2.30. The third kappa shape index (κ3) is 17.3. The zero-order chi connectivity index (χ0) is 16.5. The summed E-state index contributed by atoms with van der Waals surface area (Å²) >= 11 is 0. The van der Waals surface area contributed by atoms with Crippen LogP contribution in [0.2, 0.25) is 0 Å². The predicted octanol–water partition coefficient (Wildman–Crippen LogP) is 6.51. The number of hydrogen-bond donors (Lipinski definition) is 2. The summed E-state index contributed by atoms with van der Waals surface area (Å²) in [5, 5.41) is 11.1. The first kappa shape index (κ1) is 21.3. The lowest BCUT2D eigenvalue weighted by molar-refractivity contribution is 0.190. The molecule has 1 atom stereocenters. The highest BCUT2D eigenvalue weighted by atomic mass is 16.4. The van der Waals surface area contributed by atoms with E-state index in [-0.39, 0.29) is 6.04 Å². The third-order valence-corrected chi connectivity index (χ3v) is 4.36. The average molecular weight is 314 g/mol. The van der Waals surface area contributed by atoms with E-state index < -0.39 is 6.09 Å². The van der Waals surface area contributed by atoms with Gasteiger partial charge in [-0.3, -0.25) is 0 Å². The molecule has 0 spiro atoms. The highest BCUT2D eigenvalue weighted by molar-refractivity contribution is 5.64. The molecule has 1 unspecified atom stereocenters. The van der Waals surface area contributed by atoms with E-state index in [9.17, 15) is 4.79 Å². The van der Waals surface area contributed by atoms with Crippen molar-refractivity contribution in [2.45, 2.75) is 116 Å². The predicted molar refractivity (Wildman–Crippen MR) is 95.6 cm³/mol. The Balaban J connectivity index is 3.07. The Morgan fingerprint density at radius 3 is 1.50 bits per heavy atom. The molecule has 0 aliphatic carbocycles. The van der Waals surface area contributed by atoms with Crippen molar-refractivity contribution in [3.05, 3.63) is 0 Å². The molecular weight excluding hydrogens is 274 g/mol. The molecule has 0 fully saturated rings. The van der Waals surface area contributed by atoms with Crippen LogP contribution in [0.3, 0.4) is 0 Å². The molecule has 3 nitrogen and oxygen atoms in total. The first-order valence-electron chi connectivity index (χ1n) is 9.66. The topological polar surface area (TPSA) is 49.3 Å². The summed E-state index contributed by atoms with van der Waals surface area (Å²) in [6.45, 7) is 4.21. The fraction of sp³-hybridized carbons (Fsp3) is 0.947. The molecule has 22 heavy (non-hydrogen) atoms. The molecule has 0 aromatic carbocycles. The molecule has 0 aromatic heterocycles. The van der Waals surface area contributed by atoms with E-state index in [1.807, 2.05) is 6.92 Å². The quantitative estimate of drug-likeness (QED) is 0.319. The van der Waals surface area contributed by atoms with Crippen LogP contribution in [0.5, 0.6) is 0 Å². The summed E-state index contributed by atoms with van der Waals surface area (Å²) in [7, 11) is 0. The van der Waals surface area contributed by atoms with Crippen molar-refractivity contribution >= 4 is 6.09 Å². The molecule has 0 radical (unpaired) electrons. The summed E-state index contributed by atoms with van der Waals surface area (Å²) in [5.41, 5.74) is 0. The van der Waals surface area contributed by atoms with Gasteiger partial charge in [-0.2, -0.15) is 0 Å². The smallest absolute Gasteiger partial charge is 0.404 e. The lowest BCUT2D eigenvalue weighted by atomic mass is 10.0. The van der Waals surface area contributed by atoms with Gasteiger partial charge in [-0.25, -0.2) is 4.79 Å². The Labute approximate surface area is 138 Å². The molecule has 0 bridgehead atoms. The Morgan fingerprint density at radius 1 is 0.773 bits per heavy atom. The Hall–Kier alpha value is -0.730. The highest BCUT2D eigenvalue weighted by Gasteiger charge is 2.03. The van der Waals surface area contributed by atoms with Crippen molar-refractivity contribution in [3.8, 4) is 0 Å². The van der Waals surface area contributed by atoms with Gasteiger partial charge in [0.25, 0.3) is 0 Å². The number of rotatable bonds is 16. The second kappa shape index (κ2) is 16.6. The molecule has 0 rings (SSSR count). The van der Waals surface area contributed by atoms with Gasteiger partial charge in [0.1, 0.15) is 0 Å². The Morgan fingerprint density at radius 2 is 1.14 bits per heavy atom. The van der Waals surface area contributed by atoms with Crippen molar-refractivity contribution in [1.82, 2.24) is 5.32 Å². The minimum absolute atomic E-state index is 0.0924. The molecule has 0 aliphatic rings. The summed E-state index contributed by atoms with van der Waals surface area (Å²) in [4.78, 5) is 10.4. The van der Waals surface area contributed by atoms with Crippen molar-refractivity contribution in [2.24, 2.45) is 0 Å². The van der Waals surface area contributed by atoms with Crippen LogP contribution in [-0.4, -0.2) is 17.2 Å². The first-order valence-corrected chi connectivity index (χ1v) is 9.66. The number of carbonyl (C=O) groups is 1. The van der Waals surface area contributed by atoms with Crippen LogP contribution in [0.25, 0.3) is 0 Å². The van der Waals surface area contributed by atoms with Crippen molar-refractivity contribution in [2.75, 3.05) is 0 Å². The number of unbranched alkanes of at least 4 members (excludes halogenated alkanes) is 13. The monoisotopic (exact) mass is 313 g/mol. The van der Waals surface area contributed by atoms with Gasteiger partial charge in [-0.05, 0) is 13.3 Å². The highest BCUT2D eigenvalue weighted by Crippen LogP contribution is 2.13. The minimum Gasteiger partial charge on any atom is -0.465 e. The van der Waals surface area contributed by atoms with Crippen LogP contribution >= 0.6 is 0 Å². The standard InChI is InChI=1S/C19H39NO2/c1-3-4-5-6-7-8-9-10-11-12-13-14-15-16-17-18(2)20-19(21)22/h18,20H,3-17H2,1-2H3,(H,21,22). The Kier molecular flexibility index (Phi) is 16.1. The van der Waals surface area contributed by atoms with Gasteiger partial charge in [-0.1, -0.05) is 96.8 Å². The molecule has 0 aliphatic heterocycles. The molecule has 0 heterocycles. The lowest BCUT2D eigenvalue weighted by Gasteiger charge is -2.10. The van der Waals surface area contributed by atoms with E-state index in [0.29, 0.717) is 0 Å². The molecule has 0 saturated carbocycles. The number of hydrogen-bond acceptors (Lipinski definition) is 1. The van der Waals surface area contributed by atoms with Crippen molar-refractivity contribution in [3.63, 3.8) is 0 Å². The van der Waals surface area contributed by atoms with Gasteiger partial charge in [0.2, 0.25) is 0 Å². The van der Waals surface area contributed by atoms with Crippen molar-refractivity contribution in [1.29, 1.82) is 0 Å². The first-order chi connectivity index (χ1) is 10.7. The second-order valence-electron chi connectivity index (χ2n) is 6.74. The number of nitrogens with one attached hydrogen (secondary N) is 1. The molecule has 0 saturated heterocycles. The summed E-state index contributed by atoms with van der Waals surface area (Å²) in [5.74, 6) is 0. The average Bonchev–Trinajstić information content (AvgIpc) is 2.47. The van der Waals surface area contributed by atoms with E-state index in [1.165, 1.54) is 83.5 Å². The van der Waals surface area contributed by atoms with E-state index >= 15 is 0 Å². The van der Waals surface area contributed by atoms with E-state index in [4.69, 9.17) is 5.11 Å². The van der Waals surface area contributed by atoms with Crippen LogP contribution in [0.4, 0.5) is 4.79 Å². The van der Waals surface area contributed by atoms with Gasteiger partial charge in [0, 0.05) is 6.04 Å². The van der Waals surface area contributed by atoms with E-state index in [2.05, 4.69) is 12.2 Å². The zero-order valence-electron chi connectivity index (χ0n) is 15.0. The maximum atomic E-state index is 10.4. The van der Waals surface area contributed by atoms with Gasteiger partial charge in [0.15, 0.2) is 0 Å². The minimum atomic E-state index is -0.905. The summed E-state index contributed by atoms with van der Waals surface area (Å²) in [6.07, 6.45) is 19.2. The van der Waals surface area contributed by atoms with E-state index in [0.717, 1.165) is 12.8 Å². The summed E-state index contributed by atoms with van der Waals surface area (Å²) in [6, 6.07) is 0.0924. The fourth-order valence-electron chi connectivity index (χ4n) is 2.93. The van der Waals surface area contributed by atoms with Gasteiger partial charge in [-0.15, -0.1) is 0 Å². The van der Waals surface area contributed by atoms with Crippen LogP contribution in [0.15, 0.2) is 0 Å². The van der Waals surface area contributed by atoms with Gasteiger partial charge < -0.3 is 10.4 Å². The molecule has 3 heteroatoms. The third-order valence-electron chi connectivity index (χ3n) is 4.36. The molecule has 132 valence electrons. The maximum absolute atomic E-state index is 10.4. The SMILES string of the molecule is CCCCCCCCCCCCCCCCC(C)NC(=O)O. The maximum Gasteiger partial charge on any atom is 0.404 e. The largest absolute Gasteiger partial charge is 0.465 e. The molecular formula is C19H39NO2. The van der Waals surface area contributed by atoms with Crippen LogP contribution in [0, 0.1) is 0 Å². The zero-order valence-corrected chi connectivity index (χ0v) is 15.0. The number of carboxylic acid groups (broad SMARTS) is 1. The van der Waals surface area contributed by atoms with Crippen LogP contribution in [-0.2, 0) is 0 Å². The normalized spacial score (nSPS) is 12.3. The molecule has 2 N–H and O–H groups in total. The number of amides is 1. The van der Waals surface area contributed by atoms with Gasteiger partial charge in [0.05, 0.1) is 0 Å². The summed E-state index contributed by atoms with van der Waals surface area (Å²) < 4.78 is 0. The van der Waals surface area contributed by atoms with Crippen LogP contribution < -0.4 is 5.32 Å². The second-order valence-corrected chi connectivity index (χ2v) is 6.74. The fourth-order valence-corrected chi connectivity index (χ4v) is 2.93. The Bertz CT molecular complexity index is 244. The molecule has 1 amide bonds. The molecule has 0 aromatic rings. The van der Waals surface area contributed by atoms with E-state index in [1.54, 1.807) is 0 Å².